The molecule has 3 heterocycles. The minimum Gasteiger partial charge on any atom is -0.384 e. The second-order valence-corrected chi connectivity index (χ2v) is 4.97. The van der Waals surface area contributed by atoms with E-state index >= 15 is 0 Å². The molecule has 0 aromatic carbocycles. The van der Waals surface area contributed by atoms with E-state index in [1.807, 2.05) is 15.5 Å². The topological polar surface area (TPSA) is 77.0 Å². The normalized spacial score (nSPS) is 14.7. The van der Waals surface area contributed by atoms with Gasteiger partial charge in [-0.2, -0.15) is 0 Å². The molecule has 6 nitrogen and oxygen atoms in total. The number of anilines is 1. The first-order valence-corrected chi connectivity index (χ1v) is 6.74. The van der Waals surface area contributed by atoms with Crippen LogP contribution in [0.1, 0.15) is 12.8 Å². The van der Waals surface area contributed by atoms with Crippen LogP contribution in [0.25, 0.3) is 11.3 Å². The van der Waals surface area contributed by atoms with Gasteiger partial charge in [0, 0.05) is 24.8 Å². The Hall–Kier alpha value is -2.37. The Morgan fingerprint density at radius 2 is 2.05 bits per heavy atom. The summed E-state index contributed by atoms with van der Waals surface area (Å²) in [5.74, 6) is 0.623. The minimum absolute atomic E-state index is 0.144. The molecular formula is C14H17N5O. The summed E-state index contributed by atoms with van der Waals surface area (Å²) in [6.07, 6.45) is 7.32. The maximum absolute atomic E-state index is 12.2. The Morgan fingerprint density at radius 1 is 1.25 bits per heavy atom. The van der Waals surface area contributed by atoms with Crippen molar-refractivity contribution >= 4 is 11.7 Å². The van der Waals surface area contributed by atoms with Crippen LogP contribution in [0.3, 0.4) is 0 Å². The lowest BCUT2D eigenvalue weighted by atomic mass is 10.2. The molecule has 0 saturated carbocycles. The van der Waals surface area contributed by atoms with Crippen molar-refractivity contribution in [1.29, 1.82) is 0 Å². The zero-order valence-corrected chi connectivity index (χ0v) is 11.2. The quantitative estimate of drug-likeness (QED) is 0.908. The van der Waals surface area contributed by atoms with E-state index in [-0.39, 0.29) is 5.91 Å². The largest absolute Gasteiger partial charge is 0.384 e. The van der Waals surface area contributed by atoms with Gasteiger partial charge in [-0.15, -0.1) is 0 Å². The molecule has 0 radical (unpaired) electrons. The van der Waals surface area contributed by atoms with Crippen LogP contribution in [0.15, 0.2) is 30.9 Å². The second kappa shape index (κ2) is 5.32. The molecule has 1 fully saturated rings. The molecule has 0 atom stereocenters. The molecule has 3 rings (SSSR count). The standard InChI is InChI=1S/C14H17N5O/c15-13-4-3-11(7-17-13)12-8-16-10-19(12)9-14(20)18-5-1-2-6-18/h3-4,7-8,10H,1-2,5-6,9H2,(H2,15,17). The summed E-state index contributed by atoms with van der Waals surface area (Å²) in [6.45, 7) is 2.05. The van der Waals surface area contributed by atoms with Crippen LogP contribution in [-0.2, 0) is 11.3 Å². The van der Waals surface area contributed by atoms with Gasteiger partial charge in [0.1, 0.15) is 12.4 Å². The lowest BCUT2D eigenvalue weighted by Gasteiger charge is -2.16. The summed E-state index contributed by atoms with van der Waals surface area (Å²) in [7, 11) is 0. The van der Waals surface area contributed by atoms with Crippen LogP contribution >= 0.6 is 0 Å². The van der Waals surface area contributed by atoms with Gasteiger partial charge in [0.25, 0.3) is 0 Å². The SMILES string of the molecule is Nc1ccc(-c2cncn2CC(=O)N2CCCC2)cn1. The van der Waals surface area contributed by atoms with E-state index in [4.69, 9.17) is 5.73 Å². The Morgan fingerprint density at radius 3 is 2.75 bits per heavy atom. The number of nitrogens with two attached hydrogens (primary N) is 1. The number of hydrogen-bond acceptors (Lipinski definition) is 4. The van der Waals surface area contributed by atoms with E-state index in [1.165, 1.54) is 0 Å². The van der Waals surface area contributed by atoms with Crippen molar-refractivity contribution in [2.75, 3.05) is 18.8 Å². The van der Waals surface area contributed by atoms with Gasteiger partial charge in [-0.3, -0.25) is 4.79 Å². The lowest BCUT2D eigenvalue weighted by Crippen LogP contribution is -2.31. The van der Waals surface area contributed by atoms with Crippen molar-refractivity contribution < 1.29 is 4.79 Å². The molecular weight excluding hydrogens is 254 g/mol. The van der Waals surface area contributed by atoms with Gasteiger partial charge < -0.3 is 15.2 Å². The van der Waals surface area contributed by atoms with Crippen molar-refractivity contribution in [2.24, 2.45) is 0 Å². The van der Waals surface area contributed by atoms with Gasteiger partial charge in [-0.25, -0.2) is 9.97 Å². The van der Waals surface area contributed by atoms with Crippen molar-refractivity contribution in [3.05, 3.63) is 30.9 Å². The van der Waals surface area contributed by atoms with Crippen LogP contribution < -0.4 is 5.73 Å². The van der Waals surface area contributed by atoms with Gasteiger partial charge in [0.15, 0.2) is 0 Å². The van der Waals surface area contributed by atoms with Crippen LogP contribution in [0.5, 0.6) is 0 Å². The van der Waals surface area contributed by atoms with Crippen LogP contribution in [0, 0.1) is 0 Å². The number of carbonyl (C=O) groups is 1. The average Bonchev–Trinajstić information content (AvgIpc) is 3.10. The molecule has 2 aromatic rings. The zero-order chi connectivity index (χ0) is 13.9. The molecule has 1 saturated heterocycles. The smallest absolute Gasteiger partial charge is 0.242 e. The van der Waals surface area contributed by atoms with Crippen LogP contribution in [0.2, 0.25) is 0 Å². The van der Waals surface area contributed by atoms with E-state index in [1.54, 1.807) is 24.8 Å². The summed E-state index contributed by atoms with van der Waals surface area (Å²) in [6, 6.07) is 3.63. The Balaban J connectivity index is 1.79. The summed E-state index contributed by atoms with van der Waals surface area (Å²) >= 11 is 0. The minimum atomic E-state index is 0.144. The number of aromatic nitrogens is 3. The molecule has 6 heteroatoms. The Bertz CT molecular complexity index is 598. The second-order valence-electron chi connectivity index (χ2n) is 4.97. The van der Waals surface area contributed by atoms with Gasteiger partial charge in [-0.05, 0) is 25.0 Å². The molecule has 2 aromatic heterocycles. The van der Waals surface area contributed by atoms with Crippen LogP contribution in [0.4, 0.5) is 5.82 Å². The number of nitrogen functional groups attached to an aromatic ring is 1. The molecule has 1 amide bonds. The first-order chi connectivity index (χ1) is 9.74. The fraction of sp³-hybridized carbons (Fsp3) is 0.357. The molecule has 0 bridgehead atoms. The van der Waals surface area contributed by atoms with Gasteiger partial charge in [-0.1, -0.05) is 0 Å². The maximum Gasteiger partial charge on any atom is 0.242 e. The molecule has 0 spiro atoms. The molecule has 20 heavy (non-hydrogen) atoms. The lowest BCUT2D eigenvalue weighted by molar-refractivity contribution is -0.130. The summed E-state index contributed by atoms with van der Waals surface area (Å²) in [5.41, 5.74) is 7.38. The van der Waals surface area contributed by atoms with E-state index < -0.39 is 0 Å². The van der Waals surface area contributed by atoms with E-state index in [0.717, 1.165) is 37.2 Å². The molecule has 1 aliphatic heterocycles. The van der Waals surface area contributed by atoms with Crippen molar-refractivity contribution in [2.45, 2.75) is 19.4 Å². The summed E-state index contributed by atoms with van der Waals surface area (Å²) < 4.78 is 1.86. The molecule has 0 unspecified atom stereocenters. The number of amides is 1. The van der Waals surface area contributed by atoms with E-state index in [2.05, 4.69) is 9.97 Å². The monoisotopic (exact) mass is 271 g/mol. The Labute approximate surface area is 117 Å². The highest BCUT2D eigenvalue weighted by atomic mass is 16.2. The highest BCUT2D eigenvalue weighted by Gasteiger charge is 2.19. The van der Waals surface area contributed by atoms with Crippen LogP contribution in [-0.4, -0.2) is 38.4 Å². The fourth-order valence-corrected chi connectivity index (χ4v) is 2.46. The van der Waals surface area contributed by atoms with Crippen molar-refractivity contribution in [1.82, 2.24) is 19.4 Å². The predicted octanol–water partition coefficient (Wildman–Crippen LogP) is 1.15. The highest BCUT2D eigenvalue weighted by Crippen LogP contribution is 2.19. The fourth-order valence-electron chi connectivity index (χ4n) is 2.46. The predicted molar refractivity (Wildman–Crippen MR) is 75.7 cm³/mol. The third-order valence-corrected chi connectivity index (χ3v) is 3.56. The number of hydrogen-bond donors (Lipinski definition) is 1. The molecule has 2 N–H and O–H groups in total. The van der Waals surface area contributed by atoms with Crippen molar-refractivity contribution in [3.63, 3.8) is 0 Å². The number of likely N-dealkylation sites (tertiary alicyclic amines) is 1. The van der Waals surface area contributed by atoms with Crippen molar-refractivity contribution in [3.8, 4) is 11.3 Å². The summed E-state index contributed by atoms with van der Waals surface area (Å²) in [4.78, 5) is 22.3. The summed E-state index contributed by atoms with van der Waals surface area (Å²) in [5, 5.41) is 0. The van der Waals surface area contributed by atoms with E-state index in [0.29, 0.717) is 12.4 Å². The van der Waals surface area contributed by atoms with Gasteiger partial charge >= 0.3 is 0 Å². The van der Waals surface area contributed by atoms with Gasteiger partial charge in [0.05, 0.1) is 18.2 Å². The third-order valence-electron chi connectivity index (χ3n) is 3.56. The number of imidazole rings is 1. The zero-order valence-electron chi connectivity index (χ0n) is 11.2. The van der Waals surface area contributed by atoms with Gasteiger partial charge in [0.2, 0.25) is 5.91 Å². The first-order valence-electron chi connectivity index (χ1n) is 6.74. The number of pyridine rings is 1. The molecule has 0 aliphatic carbocycles. The number of rotatable bonds is 3. The third kappa shape index (κ3) is 2.49. The first kappa shape index (κ1) is 12.7. The Kier molecular flexibility index (Phi) is 3.37. The number of carbonyl (C=O) groups excluding carboxylic acids is 1. The maximum atomic E-state index is 12.2. The van der Waals surface area contributed by atoms with E-state index in [9.17, 15) is 4.79 Å². The molecule has 1 aliphatic rings. The highest BCUT2D eigenvalue weighted by molar-refractivity contribution is 5.77. The number of nitrogens with zero attached hydrogens (tertiary/aromatic N) is 4. The average molecular weight is 271 g/mol. The molecule has 104 valence electrons.